The molecule has 31 heavy (non-hydrogen) atoms. The van der Waals surface area contributed by atoms with E-state index in [9.17, 15) is 4.79 Å². The number of aromatic nitrogens is 1. The molecule has 6 nitrogen and oxygen atoms in total. The molecule has 160 valence electrons. The summed E-state index contributed by atoms with van der Waals surface area (Å²) in [4.78, 5) is 12.4. The molecule has 2 bridgehead atoms. The van der Waals surface area contributed by atoms with E-state index in [1.807, 2.05) is 66.7 Å². The van der Waals surface area contributed by atoms with E-state index >= 15 is 0 Å². The van der Waals surface area contributed by atoms with Crippen LogP contribution in [0.2, 0.25) is 0 Å². The van der Waals surface area contributed by atoms with Gasteiger partial charge in [-0.2, -0.15) is 0 Å². The molecule has 3 heterocycles. The second-order valence-corrected chi connectivity index (χ2v) is 7.99. The highest BCUT2D eigenvalue weighted by molar-refractivity contribution is 5.16. The standard InChI is InChI=1S/C25H25NO5/c27-21-13-7-8-14-26(21)24-22-23(29-16-20-11-5-2-6-12-20)25(31-24,18-30-22)17-28-15-19-9-3-1-4-10-19/h1-14,22-24H,15-18H2/t22-,23+,24?,25+/m1/s1. The maximum Gasteiger partial charge on any atom is 0.252 e. The third-order valence-corrected chi connectivity index (χ3v) is 5.83. The number of pyridine rings is 1. The molecule has 0 aliphatic carbocycles. The van der Waals surface area contributed by atoms with Gasteiger partial charge in [-0.1, -0.05) is 66.7 Å². The predicted octanol–water partition coefficient (Wildman–Crippen LogP) is 3.32. The molecule has 2 fully saturated rings. The van der Waals surface area contributed by atoms with Crippen molar-refractivity contribution in [3.05, 3.63) is 107 Å². The maximum atomic E-state index is 12.4. The molecule has 2 aromatic carbocycles. The Bertz CT molecular complexity index is 1050. The molecular formula is C25H25NO5. The lowest BCUT2D eigenvalue weighted by Crippen LogP contribution is -2.46. The van der Waals surface area contributed by atoms with E-state index in [0.717, 1.165) is 11.1 Å². The molecule has 2 saturated heterocycles. The second-order valence-electron chi connectivity index (χ2n) is 7.99. The summed E-state index contributed by atoms with van der Waals surface area (Å²) in [5.41, 5.74) is 1.26. The summed E-state index contributed by atoms with van der Waals surface area (Å²) in [7, 11) is 0. The lowest BCUT2D eigenvalue weighted by molar-refractivity contribution is -0.196. The Morgan fingerprint density at radius 2 is 1.58 bits per heavy atom. The summed E-state index contributed by atoms with van der Waals surface area (Å²) in [5.74, 6) is 0. The monoisotopic (exact) mass is 419 g/mol. The Labute approximate surface area is 180 Å². The van der Waals surface area contributed by atoms with Crippen LogP contribution in [0, 0.1) is 0 Å². The van der Waals surface area contributed by atoms with Crippen LogP contribution >= 0.6 is 0 Å². The zero-order valence-corrected chi connectivity index (χ0v) is 17.1. The van der Waals surface area contributed by atoms with Crippen molar-refractivity contribution in [2.45, 2.75) is 37.3 Å². The van der Waals surface area contributed by atoms with Gasteiger partial charge in [0.15, 0.2) is 6.23 Å². The fourth-order valence-corrected chi connectivity index (χ4v) is 4.29. The first-order valence-corrected chi connectivity index (χ1v) is 10.5. The van der Waals surface area contributed by atoms with E-state index in [1.54, 1.807) is 16.8 Å². The zero-order valence-electron chi connectivity index (χ0n) is 17.1. The molecule has 6 heteroatoms. The molecule has 0 radical (unpaired) electrons. The van der Waals surface area contributed by atoms with E-state index in [-0.39, 0.29) is 17.8 Å². The van der Waals surface area contributed by atoms with Crippen molar-refractivity contribution in [3.63, 3.8) is 0 Å². The van der Waals surface area contributed by atoms with E-state index in [4.69, 9.17) is 18.9 Å². The summed E-state index contributed by atoms with van der Waals surface area (Å²) >= 11 is 0. The fourth-order valence-electron chi connectivity index (χ4n) is 4.29. The summed E-state index contributed by atoms with van der Waals surface area (Å²) in [6, 6.07) is 25.1. The Morgan fingerprint density at radius 3 is 2.29 bits per heavy atom. The third-order valence-electron chi connectivity index (χ3n) is 5.83. The second kappa shape index (κ2) is 8.77. The van der Waals surface area contributed by atoms with E-state index in [1.165, 1.54) is 6.07 Å². The lowest BCUT2D eigenvalue weighted by Gasteiger charge is -2.31. The minimum absolute atomic E-state index is 0.134. The molecule has 3 aromatic rings. The molecule has 2 aliphatic rings. The molecule has 1 unspecified atom stereocenters. The van der Waals surface area contributed by atoms with Gasteiger partial charge in [-0.25, -0.2) is 0 Å². The van der Waals surface area contributed by atoms with Gasteiger partial charge in [0.05, 0.1) is 26.4 Å². The number of ether oxygens (including phenoxy) is 4. The van der Waals surface area contributed by atoms with Crippen molar-refractivity contribution in [1.29, 1.82) is 0 Å². The lowest BCUT2D eigenvalue weighted by atomic mass is 10.00. The van der Waals surface area contributed by atoms with Crippen molar-refractivity contribution in [3.8, 4) is 0 Å². The average molecular weight is 419 g/mol. The number of hydrogen-bond donors (Lipinski definition) is 0. The fraction of sp³-hybridized carbons (Fsp3) is 0.320. The Kier molecular flexibility index (Phi) is 5.70. The van der Waals surface area contributed by atoms with Gasteiger partial charge >= 0.3 is 0 Å². The Balaban J connectivity index is 1.36. The largest absolute Gasteiger partial charge is 0.374 e. The number of fused-ring (bicyclic) bond motifs is 2. The topological polar surface area (TPSA) is 58.9 Å². The number of nitrogens with zero attached hydrogens (tertiary/aromatic N) is 1. The molecule has 4 atom stereocenters. The Morgan fingerprint density at radius 1 is 0.903 bits per heavy atom. The van der Waals surface area contributed by atoms with Gasteiger partial charge in [-0.05, 0) is 17.2 Å². The summed E-state index contributed by atoms with van der Waals surface area (Å²) < 4.78 is 26.5. The molecule has 5 rings (SSSR count). The highest BCUT2D eigenvalue weighted by atomic mass is 16.7. The van der Waals surface area contributed by atoms with Crippen molar-refractivity contribution >= 4 is 0 Å². The van der Waals surface area contributed by atoms with E-state index in [2.05, 4.69) is 0 Å². The quantitative estimate of drug-likeness (QED) is 0.561. The van der Waals surface area contributed by atoms with Crippen molar-refractivity contribution in [1.82, 2.24) is 4.57 Å². The first-order valence-electron chi connectivity index (χ1n) is 10.5. The molecule has 0 saturated carbocycles. The van der Waals surface area contributed by atoms with Crippen LogP contribution in [0.25, 0.3) is 0 Å². The molecule has 1 aromatic heterocycles. The summed E-state index contributed by atoms with van der Waals surface area (Å²) in [5, 5.41) is 0. The van der Waals surface area contributed by atoms with Gasteiger partial charge in [-0.15, -0.1) is 0 Å². The van der Waals surface area contributed by atoms with Crippen molar-refractivity contribution in [2.24, 2.45) is 0 Å². The summed E-state index contributed by atoms with van der Waals surface area (Å²) in [6.07, 6.45) is 0.442. The number of hydrogen-bond acceptors (Lipinski definition) is 5. The highest BCUT2D eigenvalue weighted by Crippen LogP contribution is 2.46. The summed E-state index contributed by atoms with van der Waals surface area (Å²) in [6.45, 7) is 1.59. The van der Waals surface area contributed by atoms with Crippen LogP contribution in [-0.4, -0.2) is 35.6 Å². The first-order chi connectivity index (χ1) is 15.3. The molecule has 0 N–H and O–H groups in total. The van der Waals surface area contributed by atoms with Crippen molar-refractivity contribution in [2.75, 3.05) is 13.2 Å². The van der Waals surface area contributed by atoms with Gasteiger partial charge in [0.25, 0.3) is 5.56 Å². The molecule has 0 spiro atoms. The van der Waals surface area contributed by atoms with Crippen LogP contribution in [0.3, 0.4) is 0 Å². The smallest absolute Gasteiger partial charge is 0.252 e. The number of benzene rings is 2. The van der Waals surface area contributed by atoms with E-state index < -0.39 is 11.8 Å². The van der Waals surface area contributed by atoms with Gasteiger partial charge in [0.1, 0.15) is 17.8 Å². The van der Waals surface area contributed by atoms with Crippen LogP contribution in [0.4, 0.5) is 0 Å². The SMILES string of the molecule is O=c1ccccn1C1O[C@@]2(COCc3ccccc3)CO[C@@H]1[C@@H]2OCc1ccccc1. The zero-order chi connectivity index (χ0) is 21.1. The predicted molar refractivity (Wildman–Crippen MR) is 114 cm³/mol. The van der Waals surface area contributed by atoms with E-state index in [0.29, 0.717) is 26.4 Å². The van der Waals surface area contributed by atoms with Crippen LogP contribution in [0.15, 0.2) is 89.9 Å². The van der Waals surface area contributed by atoms with Gasteiger partial charge < -0.3 is 18.9 Å². The third kappa shape index (κ3) is 4.07. The molecular weight excluding hydrogens is 394 g/mol. The van der Waals surface area contributed by atoms with Gasteiger partial charge in [-0.3, -0.25) is 9.36 Å². The number of rotatable bonds is 8. The van der Waals surface area contributed by atoms with Crippen LogP contribution < -0.4 is 5.56 Å². The average Bonchev–Trinajstić information content (AvgIpc) is 3.31. The van der Waals surface area contributed by atoms with Crippen LogP contribution in [0.1, 0.15) is 17.4 Å². The minimum Gasteiger partial charge on any atom is -0.374 e. The Hall–Kier alpha value is -2.77. The van der Waals surface area contributed by atoms with Crippen LogP contribution in [-0.2, 0) is 32.2 Å². The first kappa shape index (κ1) is 20.2. The van der Waals surface area contributed by atoms with Crippen molar-refractivity contribution < 1.29 is 18.9 Å². The van der Waals surface area contributed by atoms with Gasteiger partial charge in [0.2, 0.25) is 0 Å². The normalized spacial score (nSPS) is 26.9. The maximum absolute atomic E-state index is 12.4. The van der Waals surface area contributed by atoms with Crippen LogP contribution in [0.5, 0.6) is 0 Å². The van der Waals surface area contributed by atoms with Gasteiger partial charge in [0, 0.05) is 12.3 Å². The molecule has 2 aliphatic heterocycles. The molecule has 0 amide bonds. The minimum atomic E-state index is -0.770. The highest BCUT2D eigenvalue weighted by Gasteiger charge is 2.63.